The average molecular weight is 216 g/mol. The Labute approximate surface area is 95.6 Å². The standard InChI is InChI=1S/C13H16N2O/c1-10-6-7-13(14-8-10)15-9-11-4-2-3-5-12(11)16/h6-9H,2-5H2,1H3,(H,14,15)/b11-9-. The molecular formula is C13H16N2O. The number of aromatic nitrogens is 1. The molecule has 1 aromatic rings. The third-order valence-electron chi connectivity index (χ3n) is 2.76. The van der Waals surface area contributed by atoms with Crippen molar-refractivity contribution in [2.75, 3.05) is 5.32 Å². The van der Waals surface area contributed by atoms with E-state index in [-0.39, 0.29) is 5.78 Å². The van der Waals surface area contributed by atoms with Crippen LogP contribution in [0.2, 0.25) is 0 Å². The highest BCUT2D eigenvalue weighted by atomic mass is 16.1. The molecule has 0 spiro atoms. The molecule has 0 amide bonds. The molecule has 0 aliphatic heterocycles. The molecule has 1 fully saturated rings. The van der Waals surface area contributed by atoms with E-state index in [9.17, 15) is 4.79 Å². The lowest BCUT2D eigenvalue weighted by Crippen LogP contribution is -2.10. The Morgan fingerprint density at radius 1 is 1.31 bits per heavy atom. The highest BCUT2D eigenvalue weighted by Crippen LogP contribution is 2.19. The second kappa shape index (κ2) is 4.92. The molecular weight excluding hydrogens is 200 g/mol. The molecule has 1 heterocycles. The molecule has 1 saturated carbocycles. The third-order valence-corrected chi connectivity index (χ3v) is 2.76. The van der Waals surface area contributed by atoms with Gasteiger partial charge in [-0.05, 0) is 37.8 Å². The lowest BCUT2D eigenvalue weighted by molar-refractivity contribution is -0.116. The monoisotopic (exact) mass is 216 g/mol. The first-order chi connectivity index (χ1) is 7.75. The van der Waals surface area contributed by atoms with E-state index in [0.717, 1.165) is 36.2 Å². The topological polar surface area (TPSA) is 42.0 Å². The first-order valence-electron chi connectivity index (χ1n) is 5.67. The van der Waals surface area contributed by atoms with Gasteiger partial charge in [-0.3, -0.25) is 4.79 Å². The van der Waals surface area contributed by atoms with Gasteiger partial charge in [-0.25, -0.2) is 4.98 Å². The lowest BCUT2D eigenvalue weighted by Gasteiger charge is -2.12. The minimum Gasteiger partial charge on any atom is -0.346 e. The molecule has 16 heavy (non-hydrogen) atoms. The van der Waals surface area contributed by atoms with E-state index in [2.05, 4.69) is 10.3 Å². The second-order valence-electron chi connectivity index (χ2n) is 4.16. The van der Waals surface area contributed by atoms with Crippen molar-refractivity contribution >= 4 is 11.6 Å². The van der Waals surface area contributed by atoms with Gasteiger partial charge in [0.1, 0.15) is 5.82 Å². The molecule has 1 aliphatic carbocycles. The summed E-state index contributed by atoms with van der Waals surface area (Å²) >= 11 is 0. The van der Waals surface area contributed by atoms with Crippen molar-refractivity contribution in [3.63, 3.8) is 0 Å². The number of Topliss-reactive ketones (excluding diaryl/α,β-unsaturated/α-hetero) is 1. The highest BCUT2D eigenvalue weighted by molar-refractivity contribution is 5.96. The zero-order valence-electron chi connectivity index (χ0n) is 9.49. The molecule has 3 nitrogen and oxygen atoms in total. The van der Waals surface area contributed by atoms with Gasteiger partial charge >= 0.3 is 0 Å². The largest absolute Gasteiger partial charge is 0.346 e. The van der Waals surface area contributed by atoms with Crippen LogP contribution in [0.1, 0.15) is 31.2 Å². The van der Waals surface area contributed by atoms with E-state index >= 15 is 0 Å². The lowest BCUT2D eigenvalue weighted by atomic mass is 9.94. The summed E-state index contributed by atoms with van der Waals surface area (Å²) in [7, 11) is 0. The van der Waals surface area contributed by atoms with Crippen molar-refractivity contribution in [1.82, 2.24) is 4.98 Å². The van der Waals surface area contributed by atoms with Gasteiger partial charge in [0.15, 0.2) is 5.78 Å². The van der Waals surface area contributed by atoms with Crippen LogP contribution in [0.3, 0.4) is 0 Å². The van der Waals surface area contributed by atoms with Gasteiger partial charge in [-0.15, -0.1) is 0 Å². The molecule has 0 bridgehead atoms. The summed E-state index contributed by atoms with van der Waals surface area (Å²) < 4.78 is 0. The van der Waals surface area contributed by atoms with Crippen LogP contribution in [-0.4, -0.2) is 10.8 Å². The Morgan fingerprint density at radius 3 is 2.81 bits per heavy atom. The van der Waals surface area contributed by atoms with Crippen molar-refractivity contribution in [2.45, 2.75) is 32.6 Å². The van der Waals surface area contributed by atoms with Crippen LogP contribution in [-0.2, 0) is 4.79 Å². The van der Waals surface area contributed by atoms with Crippen LogP contribution in [0.25, 0.3) is 0 Å². The Balaban J connectivity index is 2.02. The van der Waals surface area contributed by atoms with Crippen molar-refractivity contribution in [3.05, 3.63) is 35.7 Å². The number of carbonyl (C=O) groups excluding carboxylic acids is 1. The summed E-state index contributed by atoms with van der Waals surface area (Å²) in [5.74, 6) is 1.06. The molecule has 0 atom stereocenters. The first-order valence-corrected chi connectivity index (χ1v) is 5.67. The SMILES string of the molecule is Cc1ccc(N/C=C2/CCCCC2=O)nc1. The molecule has 84 valence electrons. The van der Waals surface area contributed by atoms with Gasteiger partial charge in [-0.2, -0.15) is 0 Å². The fourth-order valence-electron chi connectivity index (χ4n) is 1.77. The fourth-order valence-corrected chi connectivity index (χ4v) is 1.77. The molecule has 1 aliphatic rings. The van der Waals surface area contributed by atoms with Crippen LogP contribution < -0.4 is 5.32 Å². The Bertz CT molecular complexity index is 406. The predicted octanol–water partition coefficient (Wildman–Crippen LogP) is 2.83. The number of pyridine rings is 1. The third kappa shape index (κ3) is 2.69. The van der Waals surface area contributed by atoms with Gasteiger partial charge in [0.2, 0.25) is 0 Å². The predicted molar refractivity (Wildman–Crippen MR) is 64.2 cm³/mol. The Kier molecular flexibility index (Phi) is 3.34. The van der Waals surface area contributed by atoms with E-state index in [1.165, 1.54) is 0 Å². The fraction of sp³-hybridized carbons (Fsp3) is 0.385. The summed E-state index contributed by atoms with van der Waals surface area (Å²) in [5, 5.41) is 3.08. The Morgan fingerprint density at radius 2 is 2.12 bits per heavy atom. The van der Waals surface area contributed by atoms with Crippen LogP contribution in [0.5, 0.6) is 0 Å². The van der Waals surface area contributed by atoms with E-state index in [1.54, 1.807) is 6.20 Å². The number of aryl methyl sites for hydroxylation is 1. The summed E-state index contributed by atoms with van der Waals surface area (Å²) in [6, 6.07) is 3.91. The number of nitrogens with zero attached hydrogens (tertiary/aromatic N) is 1. The maximum atomic E-state index is 11.5. The number of hydrogen-bond acceptors (Lipinski definition) is 3. The Hall–Kier alpha value is -1.64. The molecule has 1 N–H and O–H groups in total. The normalized spacial score (nSPS) is 18.8. The first kappa shape index (κ1) is 10.9. The van der Waals surface area contributed by atoms with Crippen LogP contribution in [0.15, 0.2) is 30.1 Å². The van der Waals surface area contributed by atoms with Gasteiger partial charge < -0.3 is 5.32 Å². The molecule has 0 radical (unpaired) electrons. The number of anilines is 1. The number of allylic oxidation sites excluding steroid dienone is 1. The minimum absolute atomic E-state index is 0.269. The van der Waals surface area contributed by atoms with Gasteiger partial charge in [-0.1, -0.05) is 6.07 Å². The van der Waals surface area contributed by atoms with Crippen LogP contribution in [0.4, 0.5) is 5.82 Å². The van der Waals surface area contributed by atoms with E-state index in [0.29, 0.717) is 6.42 Å². The summed E-state index contributed by atoms with van der Waals surface area (Å²) in [5.41, 5.74) is 2.03. The molecule has 0 unspecified atom stereocenters. The number of hydrogen-bond donors (Lipinski definition) is 1. The summed E-state index contributed by atoms with van der Waals surface area (Å²) in [4.78, 5) is 15.8. The maximum Gasteiger partial charge on any atom is 0.160 e. The smallest absolute Gasteiger partial charge is 0.160 e. The van der Waals surface area contributed by atoms with Crippen molar-refractivity contribution < 1.29 is 4.79 Å². The average Bonchev–Trinajstić information content (AvgIpc) is 2.30. The quantitative estimate of drug-likeness (QED) is 0.773. The molecule has 1 aromatic heterocycles. The molecule has 0 aromatic carbocycles. The number of carbonyl (C=O) groups is 1. The molecule has 0 saturated heterocycles. The second-order valence-corrected chi connectivity index (χ2v) is 4.16. The van der Waals surface area contributed by atoms with Crippen LogP contribution in [0, 0.1) is 6.92 Å². The van der Waals surface area contributed by atoms with Crippen molar-refractivity contribution in [2.24, 2.45) is 0 Å². The number of nitrogens with one attached hydrogen (secondary N) is 1. The molecule has 3 heteroatoms. The number of ketones is 1. The van der Waals surface area contributed by atoms with Gasteiger partial charge in [0.05, 0.1) is 0 Å². The zero-order chi connectivity index (χ0) is 11.4. The van der Waals surface area contributed by atoms with E-state index in [4.69, 9.17) is 0 Å². The van der Waals surface area contributed by atoms with Crippen molar-refractivity contribution in [3.8, 4) is 0 Å². The maximum absolute atomic E-state index is 11.5. The molecule has 2 rings (SSSR count). The van der Waals surface area contributed by atoms with Gasteiger partial charge in [0.25, 0.3) is 0 Å². The van der Waals surface area contributed by atoms with Crippen LogP contribution >= 0.6 is 0 Å². The van der Waals surface area contributed by atoms with E-state index < -0.39 is 0 Å². The van der Waals surface area contributed by atoms with Crippen molar-refractivity contribution in [1.29, 1.82) is 0 Å². The van der Waals surface area contributed by atoms with E-state index in [1.807, 2.05) is 25.3 Å². The number of rotatable bonds is 2. The zero-order valence-corrected chi connectivity index (χ0v) is 9.49. The summed E-state index contributed by atoms with van der Waals surface area (Å²) in [6.45, 7) is 2.00. The van der Waals surface area contributed by atoms with Gasteiger partial charge in [0, 0.05) is 24.4 Å². The minimum atomic E-state index is 0.269. The highest BCUT2D eigenvalue weighted by Gasteiger charge is 2.14. The summed E-state index contributed by atoms with van der Waals surface area (Å²) in [6.07, 6.45) is 7.33.